The molecule has 0 spiro atoms. The number of nitrogens with zero attached hydrogens (tertiary/aromatic N) is 1. The predicted molar refractivity (Wildman–Crippen MR) is 69.6 cm³/mol. The van der Waals surface area contributed by atoms with E-state index in [2.05, 4.69) is 37.3 Å². The number of hydrogen-bond acceptors (Lipinski definition) is 1. The van der Waals surface area contributed by atoms with Crippen molar-refractivity contribution in [1.82, 2.24) is 0 Å². The Morgan fingerprint density at radius 3 is 1.65 bits per heavy atom. The van der Waals surface area contributed by atoms with E-state index in [-0.39, 0.29) is 5.41 Å². The summed E-state index contributed by atoms with van der Waals surface area (Å²) >= 11 is 0. The second-order valence-electron chi connectivity index (χ2n) is 4.40. The Hall–Kier alpha value is -2.07. The zero-order chi connectivity index (χ0) is 12.1. The zero-order valence-electron chi connectivity index (χ0n) is 9.93. The topological polar surface area (TPSA) is 23.8 Å². The van der Waals surface area contributed by atoms with Crippen LogP contribution in [0.2, 0.25) is 0 Å². The van der Waals surface area contributed by atoms with Crippen molar-refractivity contribution < 1.29 is 0 Å². The van der Waals surface area contributed by atoms with Gasteiger partial charge in [-0.05, 0) is 11.1 Å². The van der Waals surface area contributed by atoms with Crippen LogP contribution in [0.1, 0.15) is 24.5 Å². The molecule has 0 heterocycles. The Bertz CT molecular complexity index is 469. The first-order valence-electron chi connectivity index (χ1n) is 5.75. The van der Waals surface area contributed by atoms with Crippen molar-refractivity contribution in [2.24, 2.45) is 0 Å². The lowest BCUT2D eigenvalue weighted by atomic mass is 9.74. The van der Waals surface area contributed by atoms with Gasteiger partial charge in [0.15, 0.2) is 0 Å². The molecule has 2 aromatic rings. The monoisotopic (exact) mass is 221 g/mol. The maximum absolute atomic E-state index is 9.07. The summed E-state index contributed by atoms with van der Waals surface area (Å²) in [6.45, 7) is 2.13. The second kappa shape index (κ2) is 4.84. The van der Waals surface area contributed by atoms with Crippen LogP contribution in [0.3, 0.4) is 0 Å². The minimum atomic E-state index is -0.225. The molecule has 1 heteroatoms. The lowest BCUT2D eigenvalue weighted by Gasteiger charge is -2.28. The predicted octanol–water partition coefficient (Wildman–Crippen LogP) is 3.91. The van der Waals surface area contributed by atoms with Crippen molar-refractivity contribution in [3.63, 3.8) is 0 Å². The van der Waals surface area contributed by atoms with Crippen LogP contribution >= 0.6 is 0 Å². The Kier molecular flexibility index (Phi) is 3.25. The fourth-order valence-corrected chi connectivity index (χ4v) is 2.14. The normalized spacial score (nSPS) is 10.8. The lowest BCUT2D eigenvalue weighted by Crippen LogP contribution is -2.22. The Morgan fingerprint density at radius 1 is 0.882 bits per heavy atom. The first kappa shape index (κ1) is 11.4. The third kappa shape index (κ3) is 2.21. The van der Waals surface area contributed by atoms with Gasteiger partial charge in [0.1, 0.15) is 0 Å². The highest BCUT2D eigenvalue weighted by Crippen LogP contribution is 2.34. The minimum absolute atomic E-state index is 0.225. The molecule has 0 N–H and O–H groups in total. The molecule has 0 fully saturated rings. The van der Waals surface area contributed by atoms with Gasteiger partial charge in [-0.25, -0.2) is 0 Å². The molecule has 0 aliphatic heterocycles. The summed E-state index contributed by atoms with van der Waals surface area (Å²) in [4.78, 5) is 0. The summed E-state index contributed by atoms with van der Waals surface area (Å²) in [6, 6.07) is 22.7. The van der Waals surface area contributed by atoms with E-state index < -0.39 is 0 Å². The van der Waals surface area contributed by atoms with Gasteiger partial charge in [0, 0.05) is 11.8 Å². The molecule has 0 aliphatic rings. The van der Waals surface area contributed by atoms with Crippen LogP contribution in [0.25, 0.3) is 0 Å². The van der Waals surface area contributed by atoms with Crippen molar-refractivity contribution >= 4 is 0 Å². The lowest BCUT2D eigenvalue weighted by molar-refractivity contribution is 0.587. The van der Waals surface area contributed by atoms with Crippen LogP contribution in [0.5, 0.6) is 0 Å². The molecular formula is C16H15N. The van der Waals surface area contributed by atoms with E-state index in [1.165, 1.54) is 11.1 Å². The molecular weight excluding hydrogens is 206 g/mol. The summed E-state index contributed by atoms with van der Waals surface area (Å²) in [6.07, 6.45) is 0.487. The van der Waals surface area contributed by atoms with Crippen LogP contribution in [0, 0.1) is 11.3 Å². The third-order valence-corrected chi connectivity index (χ3v) is 3.25. The Balaban J connectivity index is 2.52. The van der Waals surface area contributed by atoms with Gasteiger partial charge in [0.2, 0.25) is 0 Å². The van der Waals surface area contributed by atoms with E-state index in [9.17, 15) is 0 Å². The van der Waals surface area contributed by atoms with Crippen LogP contribution in [0.4, 0.5) is 0 Å². The molecule has 0 bridgehead atoms. The molecule has 2 aromatic carbocycles. The highest BCUT2D eigenvalue weighted by atomic mass is 14.3. The molecule has 17 heavy (non-hydrogen) atoms. The molecule has 0 saturated heterocycles. The standard InChI is InChI=1S/C16H15N/c1-16(12-13-17,14-8-4-2-5-9-14)15-10-6-3-7-11-15/h2-11H,12H2,1H3. The zero-order valence-corrected chi connectivity index (χ0v) is 9.93. The molecule has 84 valence electrons. The van der Waals surface area contributed by atoms with Gasteiger partial charge in [-0.1, -0.05) is 67.6 Å². The van der Waals surface area contributed by atoms with E-state index in [4.69, 9.17) is 5.26 Å². The maximum Gasteiger partial charge on any atom is 0.0634 e. The Morgan fingerprint density at radius 2 is 1.29 bits per heavy atom. The molecule has 0 aliphatic carbocycles. The molecule has 2 rings (SSSR count). The van der Waals surface area contributed by atoms with Crippen molar-refractivity contribution in [2.75, 3.05) is 0 Å². The van der Waals surface area contributed by atoms with Crippen molar-refractivity contribution in [3.05, 3.63) is 71.8 Å². The van der Waals surface area contributed by atoms with Crippen LogP contribution in [-0.2, 0) is 5.41 Å². The van der Waals surface area contributed by atoms with Crippen LogP contribution in [0.15, 0.2) is 60.7 Å². The fourth-order valence-electron chi connectivity index (χ4n) is 2.14. The van der Waals surface area contributed by atoms with E-state index in [0.29, 0.717) is 6.42 Å². The first-order valence-corrected chi connectivity index (χ1v) is 5.75. The van der Waals surface area contributed by atoms with E-state index in [1.807, 2.05) is 36.4 Å². The quantitative estimate of drug-likeness (QED) is 0.771. The van der Waals surface area contributed by atoms with Crippen molar-refractivity contribution in [1.29, 1.82) is 5.26 Å². The van der Waals surface area contributed by atoms with Gasteiger partial charge in [0.05, 0.1) is 6.07 Å². The smallest absolute Gasteiger partial charge is 0.0634 e. The van der Waals surface area contributed by atoms with E-state index in [0.717, 1.165) is 0 Å². The van der Waals surface area contributed by atoms with Crippen molar-refractivity contribution in [3.8, 4) is 6.07 Å². The van der Waals surface area contributed by atoms with Crippen LogP contribution < -0.4 is 0 Å². The molecule has 0 atom stereocenters. The van der Waals surface area contributed by atoms with Crippen molar-refractivity contribution in [2.45, 2.75) is 18.8 Å². The molecule has 0 unspecified atom stereocenters. The summed E-state index contributed by atoms with van der Waals surface area (Å²) < 4.78 is 0. The highest BCUT2D eigenvalue weighted by Gasteiger charge is 2.28. The average molecular weight is 221 g/mol. The van der Waals surface area contributed by atoms with E-state index >= 15 is 0 Å². The minimum Gasteiger partial charge on any atom is -0.198 e. The maximum atomic E-state index is 9.07. The molecule has 0 radical (unpaired) electrons. The summed E-state index contributed by atoms with van der Waals surface area (Å²) in [5.74, 6) is 0. The molecule has 1 nitrogen and oxygen atoms in total. The average Bonchev–Trinajstić information content (AvgIpc) is 2.41. The van der Waals surface area contributed by atoms with E-state index in [1.54, 1.807) is 0 Å². The number of benzene rings is 2. The highest BCUT2D eigenvalue weighted by molar-refractivity contribution is 5.39. The number of hydrogen-bond donors (Lipinski definition) is 0. The fraction of sp³-hybridized carbons (Fsp3) is 0.188. The first-order chi connectivity index (χ1) is 8.27. The van der Waals surface area contributed by atoms with Gasteiger partial charge in [-0.2, -0.15) is 5.26 Å². The number of rotatable bonds is 3. The van der Waals surface area contributed by atoms with Crippen LogP contribution in [-0.4, -0.2) is 0 Å². The van der Waals surface area contributed by atoms with Gasteiger partial charge in [0.25, 0.3) is 0 Å². The number of nitriles is 1. The summed E-state index contributed by atoms with van der Waals surface area (Å²) in [7, 11) is 0. The largest absolute Gasteiger partial charge is 0.198 e. The Labute approximate surface area is 102 Å². The molecule has 0 aromatic heterocycles. The molecule has 0 amide bonds. The summed E-state index contributed by atoms with van der Waals surface area (Å²) in [5, 5.41) is 9.07. The SMILES string of the molecule is CC(CC#N)(c1ccccc1)c1ccccc1. The van der Waals surface area contributed by atoms with Gasteiger partial charge in [-0.15, -0.1) is 0 Å². The molecule has 0 saturated carbocycles. The summed E-state index contributed by atoms with van der Waals surface area (Å²) in [5.41, 5.74) is 2.15. The van der Waals surface area contributed by atoms with Gasteiger partial charge in [-0.3, -0.25) is 0 Å². The third-order valence-electron chi connectivity index (χ3n) is 3.25. The van der Waals surface area contributed by atoms with Gasteiger partial charge >= 0.3 is 0 Å². The van der Waals surface area contributed by atoms with Gasteiger partial charge < -0.3 is 0 Å². The second-order valence-corrected chi connectivity index (χ2v) is 4.40.